The summed E-state index contributed by atoms with van der Waals surface area (Å²) in [6.07, 6.45) is 7.01. The van der Waals surface area contributed by atoms with E-state index >= 15 is 0 Å². The van der Waals surface area contributed by atoms with Gasteiger partial charge in [-0.15, -0.1) is 0 Å². The average molecular weight is 480 g/mol. The second kappa shape index (κ2) is 9.11. The third kappa shape index (κ3) is 4.46. The van der Waals surface area contributed by atoms with Gasteiger partial charge in [-0.3, -0.25) is 4.98 Å². The lowest BCUT2D eigenvalue weighted by molar-refractivity contribution is -0.0296. The quantitative estimate of drug-likeness (QED) is 0.435. The summed E-state index contributed by atoms with van der Waals surface area (Å²) in [5.74, 6) is 0. The molecule has 1 aliphatic heterocycles. The van der Waals surface area contributed by atoms with Crippen molar-refractivity contribution in [2.24, 2.45) is 0 Å². The molecule has 3 heterocycles. The standard InChI is InChI=1S/C26H29N3O4S/c1-28(34(31,32)25-8-4-5-20-17-27-13-9-23(20)25)19-26(30)11-15-29(16-12-26)14-10-21-18-33-24-7-3-2-6-22(21)24/h2-9,13,17-18,30H,10-12,14-16,19H2,1H3. The van der Waals surface area contributed by atoms with Crippen LogP contribution in [0.15, 0.2) is 76.5 Å². The first-order valence-corrected chi connectivity index (χ1v) is 13.0. The number of hydrogen-bond acceptors (Lipinski definition) is 6. The molecule has 0 amide bonds. The number of benzene rings is 2. The topological polar surface area (TPSA) is 86.9 Å². The predicted molar refractivity (Wildman–Crippen MR) is 132 cm³/mol. The van der Waals surface area contributed by atoms with Crippen molar-refractivity contribution in [3.05, 3.63) is 72.8 Å². The first-order chi connectivity index (χ1) is 16.4. The molecule has 7 nitrogen and oxygen atoms in total. The molecule has 0 bridgehead atoms. The Bertz CT molecular complexity index is 1400. The van der Waals surface area contributed by atoms with Crippen molar-refractivity contribution >= 4 is 31.8 Å². The second-order valence-electron chi connectivity index (χ2n) is 9.19. The molecule has 2 aromatic heterocycles. The van der Waals surface area contributed by atoms with Crippen LogP contribution in [0, 0.1) is 0 Å². The monoisotopic (exact) mass is 479 g/mol. The van der Waals surface area contributed by atoms with Crippen LogP contribution in [-0.2, 0) is 16.4 Å². The zero-order chi connectivity index (χ0) is 23.8. The number of para-hydroxylation sites is 1. The molecular formula is C26H29N3O4S. The maximum absolute atomic E-state index is 13.3. The lowest BCUT2D eigenvalue weighted by Gasteiger charge is -2.40. The van der Waals surface area contributed by atoms with Crippen LogP contribution in [0.1, 0.15) is 18.4 Å². The van der Waals surface area contributed by atoms with Crippen LogP contribution in [-0.4, -0.2) is 66.5 Å². The predicted octanol–water partition coefficient (Wildman–Crippen LogP) is 3.67. The number of piperidine rings is 1. The Morgan fingerprint density at radius 2 is 1.88 bits per heavy atom. The molecule has 1 fully saturated rings. The van der Waals surface area contributed by atoms with Gasteiger partial charge in [0.1, 0.15) is 5.58 Å². The molecule has 0 unspecified atom stereocenters. The molecule has 0 aliphatic carbocycles. The summed E-state index contributed by atoms with van der Waals surface area (Å²) in [6, 6.07) is 14.9. The second-order valence-corrected chi connectivity index (χ2v) is 11.2. The summed E-state index contributed by atoms with van der Waals surface area (Å²) in [4.78, 5) is 6.64. The van der Waals surface area contributed by atoms with Crippen molar-refractivity contribution in [2.75, 3.05) is 33.2 Å². The highest BCUT2D eigenvalue weighted by molar-refractivity contribution is 7.89. The van der Waals surface area contributed by atoms with Crippen molar-refractivity contribution in [3.8, 4) is 0 Å². The summed E-state index contributed by atoms with van der Waals surface area (Å²) in [5.41, 5.74) is 1.04. The lowest BCUT2D eigenvalue weighted by atomic mass is 9.91. The normalized spacial score (nSPS) is 17.0. The smallest absolute Gasteiger partial charge is 0.243 e. The highest BCUT2D eigenvalue weighted by atomic mass is 32.2. The van der Waals surface area contributed by atoms with Gasteiger partial charge in [-0.2, -0.15) is 4.31 Å². The van der Waals surface area contributed by atoms with Crippen molar-refractivity contribution < 1.29 is 17.9 Å². The summed E-state index contributed by atoms with van der Waals surface area (Å²) in [6.45, 7) is 2.38. The molecule has 1 saturated heterocycles. The fraction of sp³-hybridized carbons (Fsp3) is 0.346. The molecule has 2 aromatic carbocycles. The van der Waals surface area contributed by atoms with Crippen LogP contribution >= 0.6 is 0 Å². The molecule has 5 rings (SSSR count). The van der Waals surface area contributed by atoms with Crippen molar-refractivity contribution in [1.29, 1.82) is 0 Å². The first kappa shape index (κ1) is 23.0. The van der Waals surface area contributed by atoms with E-state index in [1.54, 1.807) is 37.6 Å². The Morgan fingerprint density at radius 3 is 2.71 bits per heavy atom. The zero-order valence-electron chi connectivity index (χ0n) is 19.2. The van der Waals surface area contributed by atoms with Crippen LogP contribution in [0.2, 0.25) is 0 Å². The van der Waals surface area contributed by atoms with E-state index in [9.17, 15) is 13.5 Å². The Balaban J connectivity index is 1.21. The van der Waals surface area contributed by atoms with E-state index in [2.05, 4.69) is 16.0 Å². The maximum Gasteiger partial charge on any atom is 0.243 e. The van der Waals surface area contributed by atoms with Crippen LogP contribution in [0.3, 0.4) is 0 Å². The van der Waals surface area contributed by atoms with E-state index < -0.39 is 15.6 Å². The number of pyridine rings is 1. The summed E-state index contributed by atoms with van der Waals surface area (Å²) in [7, 11) is -2.21. The minimum absolute atomic E-state index is 0.0665. The Morgan fingerprint density at radius 1 is 1.09 bits per heavy atom. The molecule has 178 valence electrons. The highest BCUT2D eigenvalue weighted by Gasteiger charge is 2.36. The van der Waals surface area contributed by atoms with Crippen molar-refractivity contribution in [2.45, 2.75) is 29.8 Å². The molecular weight excluding hydrogens is 450 g/mol. The van der Waals surface area contributed by atoms with Gasteiger partial charge in [-0.05, 0) is 43.0 Å². The third-order valence-corrected chi connectivity index (χ3v) is 8.75. The van der Waals surface area contributed by atoms with E-state index in [-0.39, 0.29) is 11.4 Å². The largest absolute Gasteiger partial charge is 0.464 e. The van der Waals surface area contributed by atoms with Gasteiger partial charge in [0.2, 0.25) is 10.0 Å². The Kier molecular flexibility index (Phi) is 6.16. The number of fused-ring (bicyclic) bond motifs is 2. The van der Waals surface area contributed by atoms with Crippen molar-refractivity contribution in [3.63, 3.8) is 0 Å². The summed E-state index contributed by atoms with van der Waals surface area (Å²) < 4.78 is 33.6. The van der Waals surface area contributed by atoms with E-state index in [1.165, 1.54) is 9.87 Å². The van der Waals surface area contributed by atoms with E-state index in [0.29, 0.717) is 18.2 Å². The van der Waals surface area contributed by atoms with Gasteiger partial charge < -0.3 is 14.4 Å². The first-order valence-electron chi connectivity index (χ1n) is 11.5. The van der Waals surface area contributed by atoms with Crippen LogP contribution in [0.4, 0.5) is 0 Å². The number of likely N-dealkylation sites (N-methyl/N-ethyl adjacent to an activating group) is 1. The number of furan rings is 1. The number of hydrogen-bond donors (Lipinski definition) is 1. The number of rotatable bonds is 7. The Labute approximate surface area is 199 Å². The molecule has 1 aliphatic rings. The van der Waals surface area contributed by atoms with E-state index in [1.807, 2.05) is 30.5 Å². The number of nitrogens with zero attached hydrogens (tertiary/aromatic N) is 3. The molecule has 0 radical (unpaired) electrons. The molecule has 0 saturated carbocycles. The fourth-order valence-electron chi connectivity index (χ4n) is 4.84. The summed E-state index contributed by atoms with van der Waals surface area (Å²) in [5, 5.41) is 13.8. The Hall–Kier alpha value is -2.78. The van der Waals surface area contributed by atoms with Gasteiger partial charge in [0, 0.05) is 61.8 Å². The van der Waals surface area contributed by atoms with Gasteiger partial charge in [0.15, 0.2) is 0 Å². The minimum atomic E-state index is -3.76. The van der Waals surface area contributed by atoms with Crippen LogP contribution in [0.25, 0.3) is 21.7 Å². The zero-order valence-corrected chi connectivity index (χ0v) is 20.0. The fourth-order valence-corrected chi connectivity index (χ4v) is 6.30. The molecule has 8 heteroatoms. The molecule has 0 atom stereocenters. The van der Waals surface area contributed by atoms with Crippen LogP contribution < -0.4 is 0 Å². The van der Waals surface area contributed by atoms with Gasteiger partial charge >= 0.3 is 0 Å². The SMILES string of the molecule is CN(CC1(O)CCN(CCc2coc3ccccc23)CC1)S(=O)(=O)c1cccc2cnccc12. The van der Waals surface area contributed by atoms with Gasteiger partial charge in [0.05, 0.1) is 16.8 Å². The van der Waals surface area contributed by atoms with E-state index in [0.717, 1.165) is 42.4 Å². The van der Waals surface area contributed by atoms with Gasteiger partial charge in [-0.1, -0.05) is 30.3 Å². The highest BCUT2D eigenvalue weighted by Crippen LogP contribution is 2.29. The van der Waals surface area contributed by atoms with Gasteiger partial charge in [0.25, 0.3) is 0 Å². The lowest BCUT2D eigenvalue weighted by Crippen LogP contribution is -2.51. The van der Waals surface area contributed by atoms with E-state index in [4.69, 9.17) is 4.42 Å². The number of aromatic nitrogens is 1. The number of likely N-dealkylation sites (tertiary alicyclic amines) is 1. The maximum atomic E-state index is 13.3. The minimum Gasteiger partial charge on any atom is -0.464 e. The molecule has 1 N–H and O–H groups in total. The third-order valence-electron chi connectivity index (χ3n) is 6.89. The number of aliphatic hydroxyl groups is 1. The molecule has 0 spiro atoms. The molecule has 34 heavy (non-hydrogen) atoms. The number of sulfonamides is 1. The molecule has 4 aromatic rings. The average Bonchev–Trinajstić information content (AvgIpc) is 3.26. The van der Waals surface area contributed by atoms with Gasteiger partial charge in [-0.25, -0.2) is 8.42 Å². The van der Waals surface area contributed by atoms with Crippen LogP contribution in [0.5, 0.6) is 0 Å². The summed E-state index contributed by atoms with van der Waals surface area (Å²) >= 11 is 0. The van der Waals surface area contributed by atoms with Crippen molar-refractivity contribution in [1.82, 2.24) is 14.2 Å².